The molecule has 2 heterocycles. The predicted octanol–water partition coefficient (Wildman–Crippen LogP) is 1.77. The van der Waals surface area contributed by atoms with Crippen LogP contribution in [0.15, 0.2) is 28.8 Å². The molecule has 1 aromatic heterocycles. The van der Waals surface area contributed by atoms with Crippen LogP contribution < -0.4 is 10.6 Å². The normalized spacial score (nSPS) is 16.5. The van der Waals surface area contributed by atoms with Crippen molar-refractivity contribution in [1.82, 2.24) is 10.6 Å². The summed E-state index contributed by atoms with van der Waals surface area (Å²) >= 11 is 1.31. The molecule has 8 nitrogen and oxygen atoms in total. The van der Waals surface area contributed by atoms with Crippen LogP contribution in [0.4, 0.5) is 4.79 Å². The molecule has 9 heteroatoms. The van der Waals surface area contributed by atoms with E-state index in [9.17, 15) is 19.2 Å². The van der Waals surface area contributed by atoms with Crippen molar-refractivity contribution in [1.29, 1.82) is 0 Å². The zero-order valence-corrected chi connectivity index (χ0v) is 15.3. The smallest absolute Gasteiger partial charge is 0.338 e. The highest BCUT2D eigenvalue weighted by molar-refractivity contribution is 7.12. The van der Waals surface area contributed by atoms with Crippen LogP contribution >= 0.6 is 11.3 Å². The van der Waals surface area contributed by atoms with Gasteiger partial charge in [-0.15, -0.1) is 11.3 Å². The van der Waals surface area contributed by atoms with Crippen LogP contribution in [0.5, 0.6) is 0 Å². The largest absolute Gasteiger partial charge is 0.463 e. The lowest BCUT2D eigenvalue weighted by molar-refractivity contribution is -0.143. The second-order valence-corrected chi connectivity index (χ2v) is 6.44. The summed E-state index contributed by atoms with van der Waals surface area (Å²) in [6.07, 6.45) is -0.0477. The molecule has 2 N–H and O–H groups in total. The van der Waals surface area contributed by atoms with E-state index in [0.717, 1.165) is 0 Å². The van der Waals surface area contributed by atoms with E-state index in [0.29, 0.717) is 4.88 Å². The lowest BCUT2D eigenvalue weighted by atomic mass is 10.0. The summed E-state index contributed by atoms with van der Waals surface area (Å²) in [4.78, 5) is 48.0. The summed E-state index contributed by atoms with van der Waals surface area (Å²) in [5, 5.41) is 6.80. The van der Waals surface area contributed by atoms with Crippen molar-refractivity contribution in [2.75, 3.05) is 13.2 Å². The number of thiophene rings is 1. The van der Waals surface area contributed by atoms with Crippen molar-refractivity contribution in [2.24, 2.45) is 0 Å². The molecular formula is C17H20N2O6S. The standard InChI is InChI=1S/C17H20N2O6S/c1-3-24-16(22)15-10(2)18-17(23)19-11(15)9-25-14(21)7-6-12(20)13-5-4-8-26-13/h4-5,8,10H,3,6-7,9H2,1-2H3,(H2,18,19,23)/t10-/m0/s1. The van der Waals surface area contributed by atoms with E-state index in [-0.39, 0.29) is 43.1 Å². The van der Waals surface area contributed by atoms with Gasteiger partial charge in [-0.1, -0.05) is 6.07 Å². The van der Waals surface area contributed by atoms with E-state index in [1.54, 1.807) is 31.4 Å². The molecule has 140 valence electrons. The quantitative estimate of drug-likeness (QED) is 0.525. The predicted molar refractivity (Wildman–Crippen MR) is 93.6 cm³/mol. The fourth-order valence-corrected chi connectivity index (χ4v) is 3.09. The number of hydrogen-bond acceptors (Lipinski definition) is 7. The minimum Gasteiger partial charge on any atom is -0.463 e. The second kappa shape index (κ2) is 9.14. The molecule has 0 fully saturated rings. The van der Waals surface area contributed by atoms with Crippen molar-refractivity contribution in [3.8, 4) is 0 Å². The van der Waals surface area contributed by atoms with Crippen LogP contribution in [-0.2, 0) is 19.1 Å². The lowest BCUT2D eigenvalue weighted by Crippen LogP contribution is -2.50. The van der Waals surface area contributed by atoms with E-state index in [1.165, 1.54) is 11.3 Å². The van der Waals surface area contributed by atoms with Crippen LogP contribution in [0, 0.1) is 0 Å². The van der Waals surface area contributed by atoms with E-state index >= 15 is 0 Å². The van der Waals surface area contributed by atoms with Gasteiger partial charge in [0.25, 0.3) is 0 Å². The molecule has 0 radical (unpaired) electrons. The van der Waals surface area contributed by atoms with Gasteiger partial charge in [-0.2, -0.15) is 0 Å². The first-order valence-corrected chi connectivity index (χ1v) is 9.00. The summed E-state index contributed by atoms with van der Waals surface area (Å²) in [6.45, 7) is 3.20. The van der Waals surface area contributed by atoms with E-state index in [2.05, 4.69) is 10.6 Å². The third kappa shape index (κ3) is 5.16. The molecule has 1 aromatic rings. The molecule has 0 bridgehead atoms. The number of ether oxygens (including phenoxy) is 2. The highest BCUT2D eigenvalue weighted by Crippen LogP contribution is 2.16. The van der Waals surface area contributed by atoms with Gasteiger partial charge in [-0.3, -0.25) is 9.59 Å². The number of ketones is 1. The zero-order chi connectivity index (χ0) is 19.1. The van der Waals surface area contributed by atoms with Crippen molar-refractivity contribution >= 4 is 35.1 Å². The third-order valence-electron chi connectivity index (χ3n) is 3.60. The van der Waals surface area contributed by atoms with Gasteiger partial charge in [0.15, 0.2) is 5.78 Å². The number of esters is 2. The molecule has 2 amide bonds. The van der Waals surface area contributed by atoms with Gasteiger partial charge in [0.1, 0.15) is 6.61 Å². The average molecular weight is 380 g/mol. The first kappa shape index (κ1) is 19.6. The molecule has 0 saturated carbocycles. The van der Waals surface area contributed by atoms with Gasteiger partial charge in [0, 0.05) is 6.42 Å². The minimum atomic E-state index is -0.592. The first-order chi connectivity index (χ1) is 12.4. The summed E-state index contributed by atoms with van der Waals surface area (Å²) in [5.74, 6) is -1.32. The van der Waals surface area contributed by atoms with Gasteiger partial charge in [0.2, 0.25) is 0 Å². The Labute approximate surface area is 154 Å². The number of rotatable bonds is 8. The van der Waals surface area contributed by atoms with Crippen LogP contribution in [0.2, 0.25) is 0 Å². The average Bonchev–Trinajstić information content (AvgIpc) is 3.12. The topological polar surface area (TPSA) is 111 Å². The summed E-state index contributed by atoms with van der Waals surface area (Å²) in [5.41, 5.74) is 0.381. The van der Waals surface area contributed by atoms with Crippen molar-refractivity contribution in [2.45, 2.75) is 32.7 Å². The Bertz CT molecular complexity index is 726. The SMILES string of the molecule is CCOC(=O)C1=C(COC(=O)CCC(=O)c2cccs2)NC(=O)N[C@H]1C. The Kier molecular flexibility index (Phi) is 6.90. The summed E-state index contributed by atoms with van der Waals surface area (Å²) in [6, 6.07) is 2.39. The molecule has 0 saturated heterocycles. The monoisotopic (exact) mass is 380 g/mol. The van der Waals surface area contributed by atoms with Gasteiger partial charge < -0.3 is 20.1 Å². The minimum absolute atomic E-state index is 0.0352. The Morgan fingerprint density at radius 1 is 1.23 bits per heavy atom. The Hall–Kier alpha value is -2.68. The number of nitrogens with one attached hydrogen (secondary N) is 2. The van der Waals surface area contributed by atoms with Crippen molar-refractivity contribution in [3.63, 3.8) is 0 Å². The maximum Gasteiger partial charge on any atom is 0.338 e. The van der Waals surface area contributed by atoms with E-state index in [1.807, 2.05) is 0 Å². The highest BCUT2D eigenvalue weighted by atomic mass is 32.1. The molecule has 0 spiro atoms. The van der Waals surface area contributed by atoms with E-state index < -0.39 is 24.0 Å². The third-order valence-corrected chi connectivity index (χ3v) is 4.51. The first-order valence-electron chi connectivity index (χ1n) is 8.12. The summed E-state index contributed by atoms with van der Waals surface area (Å²) < 4.78 is 10.1. The lowest BCUT2D eigenvalue weighted by Gasteiger charge is -2.26. The molecule has 0 aromatic carbocycles. The van der Waals surface area contributed by atoms with Gasteiger partial charge >= 0.3 is 18.0 Å². The maximum absolute atomic E-state index is 12.1. The van der Waals surface area contributed by atoms with Crippen LogP contribution in [0.25, 0.3) is 0 Å². The molecule has 1 aliphatic rings. The number of hydrogen-bond donors (Lipinski definition) is 2. The molecular weight excluding hydrogens is 360 g/mol. The van der Waals surface area contributed by atoms with Gasteiger partial charge in [-0.25, -0.2) is 9.59 Å². The molecule has 26 heavy (non-hydrogen) atoms. The van der Waals surface area contributed by atoms with Gasteiger partial charge in [0.05, 0.1) is 35.2 Å². The van der Waals surface area contributed by atoms with Crippen molar-refractivity contribution in [3.05, 3.63) is 33.7 Å². The number of amides is 2. The maximum atomic E-state index is 12.1. The number of carbonyl (C=O) groups excluding carboxylic acids is 4. The molecule has 1 atom stereocenters. The Morgan fingerprint density at radius 3 is 2.65 bits per heavy atom. The number of Topliss-reactive ketones (excluding diaryl/α,β-unsaturated/α-hetero) is 1. The molecule has 0 unspecified atom stereocenters. The Balaban J connectivity index is 1.94. The fourth-order valence-electron chi connectivity index (χ4n) is 2.39. The fraction of sp³-hybridized carbons (Fsp3) is 0.412. The molecule has 2 rings (SSSR count). The van der Waals surface area contributed by atoms with Crippen LogP contribution in [0.1, 0.15) is 36.4 Å². The van der Waals surface area contributed by atoms with E-state index in [4.69, 9.17) is 9.47 Å². The summed E-state index contributed by atoms with van der Waals surface area (Å²) in [7, 11) is 0. The molecule has 1 aliphatic heterocycles. The number of carbonyl (C=O) groups is 4. The second-order valence-electron chi connectivity index (χ2n) is 5.49. The molecule has 0 aliphatic carbocycles. The van der Waals surface area contributed by atoms with Crippen molar-refractivity contribution < 1.29 is 28.7 Å². The zero-order valence-electron chi connectivity index (χ0n) is 14.5. The Morgan fingerprint density at radius 2 is 2.00 bits per heavy atom. The van der Waals surface area contributed by atoms with Crippen LogP contribution in [-0.4, -0.2) is 43.0 Å². The highest BCUT2D eigenvalue weighted by Gasteiger charge is 2.30. The number of urea groups is 1. The van der Waals surface area contributed by atoms with Crippen LogP contribution in [0.3, 0.4) is 0 Å². The van der Waals surface area contributed by atoms with Gasteiger partial charge in [-0.05, 0) is 25.3 Å².